The number of hydrogen-bond donors (Lipinski definition) is 2. The standard InChI is InChI=1S/C11H11F3N6O3/c1-5-3-7(20(22)23)18-19(5)4-8(21)15-9-6(2)16-17-10(9)11(12,13)14/h3H,4H2,1-2H3,(H,15,21)(H,16,17). The molecule has 0 unspecified atom stereocenters. The smallest absolute Gasteiger partial charge is 0.358 e. The van der Waals surface area contributed by atoms with Gasteiger partial charge in [-0.3, -0.25) is 9.89 Å². The maximum Gasteiger partial charge on any atom is 0.437 e. The molecule has 9 nitrogen and oxygen atoms in total. The van der Waals surface area contributed by atoms with Gasteiger partial charge in [-0.1, -0.05) is 0 Å². The fourth-order valence-corrected chi connectivity index (χ4v) is 1.84. The normalized spacial score (nSPS) is 11.5. The zero-order valence-corrected chi connectivity index (χ0v) is 11.9. The molecule has 0 aromatic carbocycles. The van der Waals surface area contributed by atoms with E-state index >= 15 is 0 Å². The molecule has 0 spiro atoms. The van der Waals surface area contributed by atoms with Crippen molar-refractivity contribution in [3.8, 4) is 0 Å². The van der Waals surface area contributed by atoms with Crippen LogP contribution in [0.3, 0.4) is 0 Å². The third kappa shape index (κ3) is 3.46. The number of halogens is 3. The number of carbonyl (C=O) groups excluding carboxylic acids is 1. The molecule has 23 heavy (non-hydrogen) atoms. The summed E-state index contributed by atoms with van der Waals surface area (Å²) in [6.07, 6.45) is -4.73. The van der Waals surface area contributed by atoms with Gasteiger partial charge in [0.05, 0.1) is 28.2 Å². The molecule has 0 aliphatic carbocycles. The molecule has 0 bridgehead atoms. The van der Waals surface area contributed by atoms with E-state index in [1.54, 1.807) is 0 Å². The lowest BCUT2D eigenvalue weighted by Crippen LogP contribution is -2.22. The van der Waals surface area contributed by atoms with Crippen LogP contribution in [0.15, 0.2) is 6.07 Å². The van der Waals surface area contributed by atoms with Gasteiger partial charge in [-0.25, -0.2) is 0 Å². The van der Waals surface area contributed by atoms with Crippen LogP contribution in [0.5, 0.6) is 0 Å². The zero-order valence-electron chi connectivity index (χ0n) is 11.9. The van der Waals surface area contributed by atoms with Gasteiger partial charge < -0.3 is 15.4 Å². The van der Waals surface area contributed by atoms with Crippen molar-refractivity contribution in [3.05, 3.63) is 33.3 Å². The Bertz CT molecular complexity index is 764. The van der Waals surface area contributed by atoms with E-state index in [4.69, 9.17) is 0 Å². The van der Waals surface area contributed by atoms with E-state index in [1.165, 1.54) is 13.8 Å². The van der Waals surface area contributed by atoms with E-state index in [1.807, 2.05) is 0 Å². The second-order valence-corrected chi connectivity index (χ2v) is 4.68. The number of amides is 1. The highest BCUT2D eigenvalue weighted by Gasteiger charge is 2.38. The summed E-state index contributed by atoms with van der Waals surface area (Å²) in [5.74, 6) is -1.27. The summed E-state index contributed by atoms with van der Waals surface area (Å²) in [5.41, 5.74) is -1.37. The molecular formula is C11H11F3N6O3. The average molecular weight is 332 g/mol. The predicted octanol–water partition coefficient (Wildman–Crippen LogP) is 1.79. The Hall–Kier alpha value is -2.92. The summed E-state index contributed by atoms with van der Waals surface area (Å²) in [7, 11) is 0. The third-order valence-electron chi connectivity index (χ3n) is 2.93. The highest BCUT2D eigenvalue weighted by atomic mass is 19.4. The fourth-order valence-electron chi connectivity index (χ4n) is 1.84. The van der Waals surface area contributed by atoms with Crippen LogP contribution >= 0.6 is 0 Å². The first-order chi connectivity index (χ1) is 10.6. The van der Waals surface area contributed by atoms with Gasteiger partial charge >= 0.3 is 12.0 Å². The van der Waals surface area contributed by atoms with E-state index in [9.17, 15) is 28.1 Å². The topological polar surface area (TPSA) is 119 Å². The minimum Gasteiger partial charge on any atom is -0.358 e. The SMILES string of the molecule is Cc1[nH]nc(C(F)(F)F)c1NC(=O)Cn1nc([N+](=O)[O-])cc1C. The van der Waals surface area contributed by atoms with Crippen LogP contribution in [0.1, 0.15) is 17.1 Å². The monoisotopic (exact) mass is 332 g/mol. The maximum absolute atomic E-state index is 12.8. The summed E-state index contributed by atoms with van der Waals surface area (Å²) in [6.45, 7) is 2.33. The Balaban J connectivity index is 2.18. The molecule has 0 fully saturated rings. The van der Waals surface area contributed by atoms with Crippen LogP contribution < -0.4 is 5.32 Å². The van der Waals surface area contributed by atoms with Crippen molar-refractivity contribution in [2.24, 2.45) is 0 Å². The van der Waals surface area contributed by atoms with Crippen molar-refractivity contribution in [3.63, 3.8) is 0 Å². The van der Waals surface area contributed by atoms with Gasteiger partial charge in [0.25, 0.3) is 0 Å². The van der Waals surface area contributed by atoms with Gasteiger partial charge in [-0.2, -0.15) is 23.0 Å². The molecule has 0 saturated carbocycles. The van der Waals surface area contributed by atoms with Gasteiger partial charge in [0.2, 0.25) is 5.91 Å². The number of nitro groups is 1. The summed E-state index contributed by atoms with van der Waals surface area (Å²) < 4.78 is 39.3. The second kappa shape index (κ2) is 5.70. The number of H-pyrrole nitrogens is 1. The van der Waals surface area contributed by atoms with E-state index in [2.05, 4.69) is 20.6 Å². The van der Waals surface area contributed by atoms with Gasteiger partial charge in [-0.15, -0.1) is 0 Å². The molecule has 0 radical (unpaired) electrons. The maximum atomic E-state index is 12.8. The summed E-state index contributed by atoms with van der Waals surface area (Å²) in [5, 5.41) is 21.5. The predicted molar refractivity (Wildman–Crippen MR) is 70.6 cm³/mol. The number of nitrogens with zero attached hydrogens (tertiary/aromatic N) is 4. The van der Waals surface area contributed by atoms with Gasteiger partial charge in [0, 0.05) is 0 Å². The Morgan fingerprint density at radius 2 is 2.13 bits per heavy atom. The molecule has 0 aliphatic rings. The summed E-state index contributed by atoms with van der Waals surface area (Å²) >= 11 is 0. The molecule has 2 rings (SSSR count). The second-order valence-electron chi connectivity index (χ2n) is 4.68. The number of rotatable bonds is 4. The molecule has 0 saturated heterocycles. The molecule has 0 atom stereocenters. The van der Waals surface area contributed by atoms with Gasteiger partial charge in [0.15, 0.2) is 5.69 Å². The molecule has 2 aromatic heterocycles. The minimum absolute atomic E-state index is 0.0360. The number of aromatic amines is 1. The highest BCUT2D eigenvalue weighted by Crippen LogP contribution is 2.34. The number of anilines is 1. The molecule has 2 N–H and O–H groups in total. The van der Waals surface area contributed by atoms with Gasteiger partial charge in [0.1, 0.15) is 6.54 Å². The first-order valence-electron chi connectivity index (χ1n) is 6.20. The zero-order chi connectivity index (χ0) is 17.4. The van der Waals surface area contributed by atoms with Crippen LogP contribution in [-0.4, -0.2) is 30.8 Å². The largest absolute Gasteiger partial charge is 0.437 e. The molecule has 124 valence electrons. The molecule has 0 aliphatic heterocycles. The molecule has 2 aromatic rings. The minimum atomic E-state index is -4.73. The number of alkyl halides is 3. The number of aryl methyl sites for hydroxylation is 2. The molecule has 1 amide bonds. The number of nitrogens with one attached hydrogen (secondary N) is 2. The summed E-state index contributed by atoms with van der Waals surface area (Å²) in [6, 6.07) is 1.15. The van der Waals surface area contributed by atoms with Crippen LogP contribution in [0, 0.1) is 24.0 Å². The fraction of sp³-hybridized carbons (Fsp3) is 0.364. The van der Waals surface area contributed by atoms with Crippen molar-refractivity contribution in [2.75, 3.05) is 5.32 Å². The van der Waals surface area contributed by atoms with Crippen molar-refractivity contribution in [2.45, 2.75) is 26.6 Å². The average Bonchev–Trinajstić information content (AvgIpc) is 2.94. The molecular weight excluding hydrogens is 321 g/mol. The van der Waals surface area contributed by atoms with E-state index < -0.39 is 40.8 Å². The van der Waals surface area contributed by atoms with E-state index in [-0.39, 0.29) is 5.69 Å². The number of carbonyl (C=O) groups is 1. The number of aromatic nitrogens is 4. The van der Waals surface area contributed by atoms with Crippen LogP contribution in [-0.2, 0) is 17.5 Å². The first kappa shape index (κ1) is 16.5. The molecule has 2 heterocycles. The van der Waals surface area contributed by atoms with Crippen LogP contribution in [0.2, 0.25) is 0 Å². The van der Waals surface area contributed by atoms with Crippen molar-refractivity contribution in [1.29, 1.82) is 0 Å². The lowest BCUT2D eigenvalue weighted by Gasteiger charge is -2.08. The van der Waals surface area contributed by atoms with Crippen LogP contribution in [0.4, 0.5) is 24.7 Å². The lowest BCUT2D eigenvalue weighted by atomic mass is 10.3. The quantitative estimate of drug-likeness (QED) is 0.653. The number of hydrogen-bond acceptors (Lipinski definition) is 5. The van der Waals surface area contributed by atoms with Crippen molar-refractivity contribution >= 4 is 17.4 Å². The van der Waals surface area contributed by atoms with Crippen molar-refractivity contribution < 1.29 is 22.9 Å². The Kier molecular flexibility index (Phi) is 4.08. The Morgan fingerprint density at radius 3 is 2.65 bits per heavy atom. The first-order valence-corrected chi connectivity index (χ1v) is 6.20. The van der Waals surface area contributed by atoms with Crippen LogP contribution in [0.25, 0.3) is 0 Å². The van der Waals surface area contributed by atoms with Gasteiger partial charge in [-0.05, 0) is 18.8 Å². The summed E-state index contributed by atoms with van der Waals surface area (Å²) in [4.78, 5) is 21.8. The highest BCUT2D eigenvalue weighted by molar-refractivity contribution is 5.91. The van der Waals surface area contributed by atoms with Crippen molar-refractivity contribution in [1.82, 2.24) is 20.0 Å². The Labute approximate surface area is 126 Å². The Morgan fingerprint density at radius 1 is 1.48 bits per heavy atom. The van der Waals surface area contributed by atoms with E-state index in [0.29, 0.717) is 5.69 Å². The van der Waals surface area contributed by atoms with E-state index in [0.717, 1.165) is 10.7 Å². The lowest BCUT2D eigenvalue weighted by molar-refractivity contribution is -0.389. The molecule has 12 heteroatoms. The third-order valence-corrected chi connectivity index (χ3v) is 2.93.